The topological polar surface area (TPSA) is 21.3 Å². The average molecular weight is 301 g/mol. The number of fused-ring (bicyclic) bond motifs is 1. The molecule has 1 N–H and O–H groups in total. The Kier molecular flexibility index (Phi) is 3.52. The third-order valence-electron chi connectivity index (χ3n) is 5.12. The molecule has 0 radical (unpaired) electrons. The van der Waals surface area contributed by atoms with Crippen LogP contribution in [0.3, 0.4) is 0 Å². The van der Waals surface area contributed by atoms with Crippen LogP contribution in [0.2, 0.25) is 0 Å². The van der Waals surface area contributed by atoms with Gasteiger partial charge in [0.15, 0.2) is 0 Å². The summed E-state index contributed by atoms with van der Waals surface area (Å²) in [6.45, 7) is 4.35. The predicted molar refractivity (Wildman–Crippen MR) is 88.9 cm³/mol. The van der Waals surface area contributed by atoms with Crippen molar-refractivity contribution in [3.05, 3.63) is 35.2 Å². The normalized spacial score (nSPS) is 33.6. The lowest BCUT2D eigenvalue weighted by atomic mass is 9.78. The third-order valence-corrected chi connectivity index (χ3v) is 6.32. The Morgan fingerprint density at radius 2 is 2.05 bits per heavy atom. The fraction of sp³-hybridized carbons (Fsp3) is 0.556. The van der Waals surface area contributed by atoms with E-state index in [1.54, 1.807) is 0 Å². The van der Waals surface area contributed by atoms with Gasteiger partial charge in [0, 0.05) is 22.7 Å². The van der Waals surface area contributed by atoms with Gasteiger partial charge in [-0.1, -0.05) is 25.1 Å². The van der Waals surface area contributed by atoms with Crippen LogP contribution in [-0.2, 0) is 4.74 Å². The van der Waals surface area contributed by atoms with E-state index in [1.165, 1.54) is 40.6 Å². The zero-order valence-electron chi connectivity index (χ0n) is 12.6. The maximum Gasteiger partial charge on any atom is 0.105 e. The van der Waals surface area contributed by atoms with Crippen molar-refractivity contribution < 1.29 is 4.74 Å². The molecule has 1 saturated carbocycles. The third kappa shape index (κ3) is 2.63. The van der Waals surface area contributed by atoms with Crippen LogP contribution in [0.5, 0.6) is 0 Å². The first-order valence-electron chi connectivity index (χ1n) is 8.11. The minimum Gasteiger partial charge on any atom is -0.364 e. The zero-order valence-corrected chi connectivity index (χ0v) is 13.4. The van der Waals surface area contributed by atoms with Crippen LogP contribution >= 0.6 is 11.3 Å². The molecule has 4 rings (SSSR count). The molecule has 1 aliphatic heterocycles. The lowest BCUT2D eigenvalue weighted by Crippen LogP contribution is -2.52. The van der Waals surface area contributed by atoms with E-state index < -0.39 is 0 Å². The molecule has 0 bridgehead atoms. The van der Waals surface area contributed by atoms with E-state index in [2.05, 4.69) is 42.6 Å². The van der Waals surface area contributed by atoms with E-state index in [1.807, 2.05) is 11.3 Å². The van der Waals surface area contributed by atoms with Gasteiger partial charge in [0.1, 0.15) is 6.10 Å². The van der Waals surface area contributed by atoms with Crippen molar-refractivity contribution in [1.29, 1.82) is 0 Å². The van der Waals surface area contributed by atoms with Gasteiger partial charge in [-0.3, -0.25) is 0 Å². The quantitative estimate of drug-likeness (QED) is 0.836. The monoisotopic (exact) mass is 301 g/mol. The summed E-state index contributed by atoms with van der Waals surface area (Å²) in [5.74, 6) is 0.865. The summed E-state index contributed by atoms with van der Waals surface area (Å²) in [4.78, 5) is 1.38. The van der Waals surface area contributed by atoms with Gasteiger partial charge in [0.25, 0.3) is 0 Å². The highest BCUT2D eigenvalue weighted by Crippen LogP contribution is 2.41. The molecule has 2 heterocycles. The molecule has 1 aromatic heterocycles. The maximum absolute atomic E-state index is 6.63. The molecule has 1 saturated heterocycles. The second-order valence-corrected chi connectivity index (χ2v) is 7.90. The van der Waals surface area contributed by atoms with Gasteiger partial charge in [0.2, 0.25) is 0 Å². The standard InChI is InChI=1S/C18H23NOS/c1-13-6-8-18(9-7-13)12-19-11-15(20-18)17-10-14-4-2-3-5-16(14)21-17/h2-5,10,13,15,19H,6-9,11-12H2,1H3. The summed E-state index contributed by atoms with van der Waals surface area (Å²) >= 11 is 1.89. The molecule has 2 aliphatic rings. The van der Waals surface area contributed by atoms with Crippen molar-refractivity contribution in [1.82, 2.24) is 5.32 Å². The van der Waals surface area contributed by atoms with E-state index >= 15 is 0 Å². The first kappa shape index (κ1) is 13.7. The Hall–Kier alpha value is -0.900. The molecular formula is C18H23NOS. The van der Waals surface area contributed by atoms with Gasteiger partial charge < -0.3 is 10.1 Å². The van der Waals surface area contributed by atoms with E-state index in [-0.39, 0.29) is 11.7 Å². The second kappa shape index (κ2) is 5.38. The van der Waals surface area contributed by atoms with E-state index in [4.69, 9.17) is 4.74 Å². The summed E-state index contributed by atoms with van der Waals surface area (Å²) in [6, 6.07) is 11.0. The van der Waals surface area contributed by atoms with Crippen molar-refractivity contribution in [2.24, 2.45) is 5.92 Å². The van der Waals surface area contributed by atoms with E-state index in [0.29, 0.717) is 0 Å². The number of benzene rings is 1. The lowest BCUT2D eigenvalue weighted by molar-refractivity contribution is -0.139. The number of thiophene rings is 1. The first-order chi connectivity index (χ1) is 10.2. The summed E-state index contributed by atoms with van der Waals surface area (Å²) in [5, 5.41) is 4.98. The largest absolute Gasteiger partial charge is 0.364 e. The molecule has 1 aliphatic carbocycles. The number of ether oxygens (including phenoxy) is 1. The summed E-state index contributed by atoms with van der Waals surface area (Å²) in [5.41, 5.74) is 0.0889. The second-order valence-electron chi connectivity index (χ2n) is 6.79. The molecule has 3 heteroatoms. The molecule has 2 nitrogen and oxygen atoms in total. The Morgan fingerprint density at radius 3 is 2.86 bits per heavy atom. The Bertz CT molecular complexity index is 594. The van der Waals surface area contributed by atoms with Crippen LogP contribution in [0.4, 0.5) is 0 Å². The van der Waals surface area contributed by atoms with Crippen LogP contribution in [0.25, 0.3) is 10.1 Å². The van der Waals surface area contributed by atoms with Crippen molar-refractivity contribution >= 4 is 21.4 Å². The van der Waals surface area contributed by atoms with Crippen molar-refractivity contribution in [2.45, 2.75) is 44.3 Å². The smallest absolute Gasteiger partial charge is 0.105 e. The van der Waals surface area contributed by atoms with Crippen molar-refractivity contribution in [3.63, 3.8) is 0 Å². The van der Waals surface area contributed by atoms with Gasteiger partial charge >= 0.3 is 0 Å². The molecule has 1 atom stereocenters. The lowest BCUT2D eigenvalue weighted by Gasteiger charge is -2.45. The van der Waals surface area contributed by atoms with Gasteiger partial charge in [0.05, 0.1) is 5.60 Å². The Labute approximate surface area is 130 Å². The molecule has 21 heavy (non-hydrogen) atoms. The van der Waals surface area contributed by atoms with E-state index in [9.17, 15) is 0 Å². The average Bonchev–Trinajstić information content (AvgIpc) is 2.95. The highest BCUT2D eigenvalue weighted by Gasteiger charge is 2.40. The summed E-state index contributed by atoms with van der Waals surface area (Å²) < 4.78 is 8.00. The highest BCUT2D eigenvalue weighted by molar-refractivity contribution is 7.19. The molecule has 2 aromatic rings. The summed E-state index contributed by atoms with van der Waals surface area (Å²) in [7, 11) is 0. The fourth-order valence-corrected chi connectivity index (χ4v) is 4.81. The molecule has 1 spiro atoms. The molecule has 0 amide bonds. The number of morpholine rings is 1. The number of hydrogen-bond donors (Lipinski definition) is 1. The number of nitrogens with one attached hydrogen (secondary N) is 1. The van der Waals surface area contributed by atoms with Crippen LogP contribution in [-0.4, -0.2) is 18.7 Å². The number of rotatable bonds is 1. The van der Waals surface area contributed by atoms with Gasteiger partial charge in [-0.15, -0.1) is 11.3 Å². The molecule has 112 valence electrons. The predicted octanol–water partition coefficient (Wildman–Crippen LogP) is 4.51. The fourth-order valence-electron chi connectivity index (χ4n) is 3.72. The van der Waals surface area contributed by atoms with Gasteiger partial charge in [-0.05, 0) is 49.1 Å². The van der Waals surface area contributed by atoms with Crippen LogP contribution in [0.15, 0.2) is 30.3 Å². The molecule has 1 unspecified atom stereocenters. The zero-order chi connectivity index (χ0) is 14.3. The minimum atomic E-state index is 0.0889. The van der Waals surface area contributed by atoms with Crippen LogP contribution in [0, 0.1) is 5.92 Å². The molecular weight excluding hydrogens is 278 g/mol. The van der Waals surface area contributed by atoms with Gasteiger partial charge in [-0.25, -0.2) is 0 Å². The van der Waals surface area contributed by atoms with Crippen LogP contribution < -0.4 is 5.32 Å². The summed E-state index contributed by atoms with van der Waals surface area (Å²) in [6.07, 6.45) is 5.26. The SMILES string of the molecule is CC1CCC2(CC1)CNCC(c1cc3ccccc3s1)O2. The molecule has 2 fully saturated rings. The van der Waals surface area contributed by atoms with E-state index in [0.717, 1.165) is 19.0 Å². The Balaban J connectivity index is 1.57. The van der Waals surface area contributed by atoms with Crippen LogP contribution in [0.1, 0.15) is 43.6 Å². The minimum absolute atomic E-state index is 0.0889. The van der Waals surface area contributed by atoms with Crippen molar-refractivity contribution in [3.8, 4) is 0 Å². The highest BCUT2D eigenvalue weighted by atomic mass is 32.1. The molecule has 1 aromatic carbocycles. The van der Waals surface area contributed by atoms with Gasteiger partial charge in [-0.2, -0.15) is 0 Å². The maximum atomic E-state index is 6.63. The van der Waals surface area contributed by atoms with Crippen molar-refractivity contribution in [2.75, 3.05) is 13.1 Å². The number of hydrogen-bond acceptors (Lipinski definition) is 3. The Morgan fingerprint density at radius 1 is 1.24 bits per heavy atom. The first-order valence-corrected chi connectivity index (χ1v) is 8.93.